The maximum Gasteiger partial charge on any atom is 0.335 e. The van der Waals surface area contributed by atoms with E-state index in [1.807, 2.05) is 48.5 Å². The van der Waals surface area contributed by atoms with Gasteiger partial charge in [-0.3, -0.25) is 4.79 Å². The highest BCUT2D eigenvalue weighted by atomic mass is 35.5. The lowest BCUT2D eigenvalue weighted by molar-refractivity contribution is -0.165. The fourth-order valence-corrected chi connectivity index (χ4v) is 2.17. The number of aliphatic carboxylic acids is 2. The fourth-order valence-electron chi connectivity index (χ4n) is 2.04. The number of aliphatic hydroxyl groups excluding tert-OH is 2. The first-order valence-electron chi connectivity index (χ1n) is 8.06. The zero-order chi connectivity index (χ0) is 21.3. The van der Waals surface area contributed by atoms with Gasteiger partial charge in [-0.2, -0.15) is 0 Å². The van der Waals surface area contributed by atoms with Crippen molar-refractivity contribution in [1.29, 1.82) is 0 Å². The van der Waals surface area contributed by atoms with Gasteiger partial charge in [-0.25, -0.2) is 9.59 Å². The Morgan fingerprint density at radius 1 is 0.821 bits per heavy atom. The third-order valence-electron chi connectivity index (χ3n) is 3.60. The number of benzene rings is 2. The zero-order valence-electron chi connectivity index (χ0n) is 14.7. The number of nitrogens with two attached hydrogens (primary N) is 1. The number of carbonyl (C=O) groups excluding carboxylic acids is 1. The van der Waals surface area contributed by atoms with Gasteiger partial charge in [0.25, 0.3) is 0 Å². The number of hydrogen-bond donors (Lipinski definition) is 5. The molecule has 150 valence electrons. The first kappa shape index (κ1) is 23.1. The van der Waals surface area contributed by atoms with E-state index in [-0.39, 0.29) is 5.91 Å². The molecule has 0 heterocycles. The summed E-state index contributed by atoms with van der Waals surface area (Å²) in [4.78, 5) is 30.2. The third-order valence-corrected chi connectivity index (χ3v) is 3.85. The van der Waals surface area contributed by atoms with E-state index in [0.29, 0.717) is 12.8 Å². The maximum atomic E-state index is 10.7. The van der Waals surface area contributed by atoms with Crippen molar-refractivity contribution in [1.82, 2.24) is 0 Å². The minimum atomic E-state index is -2.27. The largest absolute Gasteiger partial charge is 0.479 e. The second-order valence-electron chi connectivity index (χ2n) is 5.74. The van der Waals surface area contributed by atoms with E-state index in [1.165, 1.54) is 0 Å². The quantitative estimate of drug-likeness (QED) is 0.461. The fraction of sp³-hybridized carbons (Fsp3) is 0.211. The monoisotopic (exact) mass is 409 g/mol. The summed E-state index contributed by atoms with van der Waals surface area (Å²) in [6.45, 7) is 0. The molecule has 0 aliphatic carbocycles. The zero-order valence-corrected chi connectivity index (χ0v) is 15.4. The van der Waals surface area contributed by atoms with E-state index in [2.05, 4.69) is 0 Å². The molecule has 2 rings (SSSR count). The molecule has 2 unspecified atom stereocenters. The topological polar surface area (TPSA) is 158 Å². The van der Waals surface area contributed by atoms with Crippen LogP contribution < -0.4 is 5.73 Å². The predicted octanol–water partition coefficient (Wildman–Crippen LogP) is 1.30. The Balaban J connectivity index is 0.000000336. The number of carboxylic acid groups (broad SMARTS) is 2. The van der Waals surface area contributed by atoms with Crippen LogP contribution in [0.3, 0.4) is 0 Å². The van der Waals surface area contributed by atoms with Gasteiger partial charge in [-0.15, -0.1) is 0 Å². The normalized spacial score (nSPS) is 12.2. The van der Waals surface area contributed by atoms with Crippen molar-refractivity contribution in [3.63, 3.8) is 0 Å². The van der Waals surface area contributed by atoms with Gasteiger partial charge in [0.1, 0.15) is 0 Å². The number of halogens is 1. The second-order valence-corrected chi connectivity index (χ2v) is 6.17. The van der Waals surface area contributed by atoms with Crippen LogP contribution >= 0.6 is 11.6 Å². The van der Waals surface area contributed by atoms with E-state index in [4.69, 9.17) is 37.8 Å². The Morgan fingerprint density at radius 2 is 1.21 bits per heavy atom. The first-order valence-corrected chi connectivity index (χ1v) is 8.44. The molecule has 0 fully saturated rings. The smallest absolute Gasteiger partial charge is 0.335 e. The van der Waals surface area contributed by atoms with Gasteiger partial charge in [-0.05, 0) is 35.2 Å². The van der Waals surface area contributed by atoms with Gasteiger partial charge in [0.15, 0.2) is 12.2 Å². The Bertz CT molecular complexity index is 788. The van der Waals surface area contributed by atoms with Crippen molar-refractivity contribution in [2.24, 2.45) is 5.73 Å². The van der Waals surface area contributed by atoms with Crippen LogP contribution in [0.5, 0.6) is 0 Å². The van der Waals surface area contributed by atoms with Crippen molar-refractivity contribution in [3.8, 4) is 11.1 Å². The van der Waals surface area contributed by atoms with Crippen LogP contribution in [0.4, 0.5) is 0 Å². The molecule has 8 nitrogen and oxygen atoms in total. The van der Waals surface area contributed by atoms with Gasteiger partial charge in [0.2, 0.25) is 5.91 Å². The standard InChI is InChI=1S/C15H14ClNO.C4H6O6/c16-14-8-6-13(7-9-14)12-4-1-11(2-5-12)3-10-15(17)18;5-1(3(7)8)2(6)4(9)10/h1-2,4-9H,3,10H2,(H2,17,18);1-2,5-6H,(H,7,8)(H,9,10). The van der Waals surface area contributed by atoms with E-state index in [9.17, 15) is 14.4 Å². The molecular weight excluding hydrogens is 390 g/mol. The summed E-state index contributed by atoms with van der Waals surface area (Å²) in [5.74, 6) is -3.80. The molecule has 2 aromatic rings. The van der Waals surface area contributed by atoms with Crippen LogP contribution in [0.2, 0.25) is 5.02 Å². The summed E-state index contributed by atoms with van der Waals surface area (Å²) in [7, 11) is 0. The first-order chi connectivity index (χ1) is 13.1. The van der Waals surface area contributed by atoms with Crippen LogP contribution in [0.15, 0.2) is 48.5 Å². The van der Waals surface area contributed by atoms with Crippen LogP contribution in [0, 0.1) is 0 Å². The van der Waals surface area contributed by atoms with Crippen LogP contribution in [0.25, 0.3) is 11.1 Å². The summed E-state index contributed by atoms with van der Waals surface area (Å²) >= 11 is 5.85. The third kappa shape index (κ3) is 7.75. The minimum Gasteiger partial charge on any atom is -0.479 e. The van der Waals surface area contributed by atoms with Gasteiger partial charge in [0, 0.05) is 11.4 Å². The SMILES string of the molecule is NC(=O)CCc1ccc(-c2ccc(Cl)cc2)cc1.O=C(O)C(O)C(O)C(=O)O. The van der Waals surface area contributed by atoms with Crippen molar-refractivity contribution in [3.05, 3.63) is 59.1 Å². The minimum absolute atomic E-state index is 0.267. The second kappa shape index (κ2) is 11.0. The molecule has 6 N–H and O–H groups in total. The molecule has 1 amide bonds. The van der Waals surface area contributed by atoms with Crippen molar-refractivity contribution < 1.29 is 34.8 Å². The number of carboxylic acids is 2. The molecule has 0 radical (unpaired) electrons. The van der Waals surface area contributed by atoms with E-state index in [1.54, 1.807) is 0 Å². The summed E-state index contributed by atoms with van der Waals surface area (Å²) in [5, 5.41) is 33.3. The maximum absolute atomic E-state index is 10.7. The Morgan fingerprint density at radius 3 is 1.57 bits per heavy atom. The highest BCUT2D eigenvalue weighted by molar-refractivity contribution is 6.30. The van der Waals surface area contributed by atoms with Gasteiger partial charge in [-0.1, -0.05) is 48.0 Å². The number of primary amides is 1. The molecule has 0 aromatic heterocycles. The average molecular weight is 410 g/mol. The summed E-state index contributed by atoms with van der Waals surface area (Å²) in [5.41, 5.74) is 8.50. The number of rotatable bonds is 7. The molecule has 0 saturated heterocycles. The number of amides is 1. The van der Waals surface area contributed by atoms with E-state index >= 15 is 0 Å². The van der Waals surface area contributed by atoms with Crippen LogP contribution in [0.1, 0.15) is 12.0 Å². The number of aliphatic hydroxyl groups is 2. The van der Waals surface area contributed by atoms with Gasteiger partial charge < -0.3 is 26.2 Å². The molecule has 0 bridgehead atoms. The Labute approximate surface area is 165 Å². The van der Waals surface area contributed by atoms with E-state index < -0.39 is 24.1 Å². The summed E-state index contributed by atoms with van der Waals surface area (Å²) in [6.07, 6.45) is -3.45. The van der Waals surface area contributed by atoms with Crippen molar-refractivity contribution >= 4 is 29.4 Å². The summed E-state index contributed by atoms with van der Waals surface area (Å²) in [6, 6.07) is 15.8. The van der Waals surface area contributed by atoms with Gasteiger partial charge >= 0.3 is 11.9 Å². The lowest BCUT2D eigenvalue weighted by Crippen LogP contribution is -2.39. The molecular formula is C19H20ClNO7. The number of aryl methyl sites for hydroxylation is 1. The van der Waals surface area contributed by atoms with Crippen molar-refractivity contribution in [2.75, 3.05) is 0 Å². The van der Waals surface area contributed by atoms with Crippen LogP contribution in [-0.4, -0.2) is 50.5 Å². The van der Waals surface area contributed by atoms with Crippen molar-refractivity contribution in [2.45, 2.75) is 25.0 Å². The number of carbonyl (C=O) groups is 3. The Kier molecular flexibility index (Phi) is 9.10. The molecule has 2 atom stereocenters. The molecule has 2 aromatic carbocycles. The average Bonchev–Trinajstić information content (AvgIpc) is 2.66. The van der Waals surface area contributed by atoms with E-state index in [0.717, 1.165) is 21.7 Å². The molecule has 9 heteroatoms. The molecule has 0 aliphatic heterocycles. The summed E-state index contributed by atoms with van der Waals surface area (Å²) < 4.78 is 0. The lowest BCUT2D eigenvalue weighted by atomic mass is 10.0. The molecule has 0 saturated carbocycles. The van der Waals surface area contributed by atoms with Crippen LogP contribution in [-0.2, 0) is 20.8 Å². The Hall–Kier alpha value is -2.94. The lowest BCUT2D eigenvalue weighted by Gasteiger charge is -2.07. The highest BCUT2D eigenvalue weighted by Gasteiger charge is 2.29. The number of hydrogen-bond acceptors (Lipinski definition) is 5. The predicted molar refractivity (Wildman–Crippen MR) is 102 cm³/mol. The van der Waals surface area contributed by atoms with Gasteiger partial charge in [0.05, 0.1) is 0 Å². The molecule has 0 spiro atoms. The highest BCUT2D eigenvalue weighted by Crippen LogP contribution is 2.22. The molecule has 28 heavy (non-hydrogen) atoms. The molecule has 0 aliphatic rings.